The molecule has 1 amide bonds. The Bertz CT molecular complexity index is 463. The fraction of sp³-hybridized carbons (Fsp3) is 0.429. The number of hydrogen-bond donors (Lipinski definition) is 3. The molecule has 0 saturated carbocycles. The number of nitrogens with one attached hydrogen (secondary N) is 1. The quantitative estimate of drug-likeness (QED) is 0.489. The highest BCUT2D eigenvalue weighted by atomic mass is 16.4. The second-order valence-electron chi connectivity index (χ2n) is 4.57. The highest BCUT2D eigenvalue weighted by Gasteiger charge is 2.18. The van der Waals surface area contributed by atoms with Crippen LogP contribution in [0.15, 0.2) is 24.3 Å². The third kappa shape index (κ3) is 4.99. The molecule has 6 N–H and O–H groups in total. The molecule has 6 nitrogen and oxygen atoms in total. The molecule has 1 aromatic rings. The maximum Gasteiger partial charge on any atom is 0.230 e. The largest absolute Gasteiger partial charge is 0.544 e. The van der Waals surface area contributed by atoms with Gasteiger partial charge in [-0.15, -0.1) is 0 Å². The first kappa shape index (κ1) is 16.1. The molecule has 6 heteroatoms. The molecule has 110 valence electrons. The Hall–Kier alpha value is -1.92. The summed E-state index contributed by atoms with van der Waals surface area (Å²) in [5, 5.41) is 15.3. The van der Waals surface area contributed by atoms with Gasteiger partial charge in [-0.1, -0.05) is 25.1 Å². The van der Waals surface area contributed by atoms with E-state index in [4.69, 9.17) is 0 Å². The third-order valence-electron chi connectivity index (χ3n) is 3.04. The van der Waals surface area contributed by atoms with Crippen LogP contribution >= 0.6 is 0 Å². The lowest BCUT2D eigenvalue weighted by Crippen LogP contribution is -2.95. The Morgan fingerprint density at radius 3 is 2.70 bits per heavy atom. The Kier molecular flexibility index (Phi) is 6.69. The number of rotatable bonds is 8. The molecule has 1 atom stereocenters. The van der Waals surface area contributed by atoms with Gasteiger partial charge >= 0.3 is 0 Å². The molecule has 0 radical (unpaired) electrons. The summed E-state index contributed by atoms with van der Waals surface area (Å²) < 4.78 is 0. The molecule has 0 saturated heterocycles. The molecule has 1 rings (SSSR count). The number of aliphatic carboxylic acids is 1. The van der Waals surface area contributed by atoms with E-state index in [-0.39, 0.29) is 12.3 Å². The highest BCUT2D eigenvalue weighted by Crippen LogP contribution is 2.15. The lowest BCUT2D eigenvalue weighted by atomic mass is 10.1. The second-order valence-corrected chi connectivity index (χ2v) is 4.57. The molecule has 0 fully saturated rings. The van der Waals surface area contributed by atoms with Crippen molar-refractivity contribution in [3.63, 3.8) is 0 Å². The fourth-order valence-electron chi connectivity index (χ4n) is 1.93. The van der Waals surface area contributed by atoms with Gasteiger partial charge < -0.3 is 26.3 Å². The number of hydrogen-bond acceptors (Lipinski definition) is 3. The summed E-state index contributed by atoms with van der Waals surface area (Å²) in [7, 11) is 0. The number of aryl methyl sites for hydroxylation is 1. The molecule has 0 unspecified atom stereocenters. The molecule has 0 aliphatic rings. The third-order valence-corrected chi connectivity index (χ3v) is 3.04. The zero-order chi connectivity index (χ0) is 15.0. The molecule has 0 aliphatic heterocycles. The SMILES string of the molecule is CCc1ccccc1NC(=O)C[C@H]([NH2+]CC[NH3+])C(=O)[O-]. The maximum atomic E-state index is 11.9. The molecule has 0 aromatic heterocycles. The Labute approximate surface area is 118 Å². The van der Waals surface area contributed by atoms with E-state index in [1.807, 2.05) is 31.2 Å². The standard InChI is InChI=1S/C14H21N3O3/c1-2-10-5-3-4-6-11(10)17-13(18)9-12(14(19)20)16-8-7-15/h3-6,12,16H,2,7-9,15H2,1H3,(H,17,18)(H,19,20)/p+1/t12-/m0/s1. The number of benzene rings is 1. The van der Waals surface area contributed by atoms with Crippen molar-refractivity contribution in [3.8, 4) is 0 Å². The minimum absolute atomic E-state index is 0.111. The number of carboxylic acid groups (broad SMARTS) is 1. The normalized spacial score (nSPS) is 11.9. The zero-order valence-corrected chi connectivity index (χ0v) is 11.7. The minimum atomic E-state index is -1.22. The van der Waals surface area contributed by atoms with Crippen molar-refractivity contribution in [1.82, 2.24) is 0 Å². The zero-order valence-electron chi connectivity index (χ0n) is 11.7. The van der Waals surface area contributed by atoms with E-state index in [1.54, 1.807) is 5.32 Å². The summed E-state index contributed by atoms with van der Waals surface area (Å²) in [4.78, 5) is 22.9. The van der Waals surface area contributed by atoms with Crippen LogP contribution < -0.4 is 21.5 Å². The van der Waals surface area contributed by atoms with E-state index in [1.165, 1.54) is 0 Å². The van der Waals surface area contributed by atoms with Crippen molar-refractivity contribution >= 4 is 17.6 Å². The van der Waals surface area contributed by atoms with Crippen LogP contribution in [0.2, 0.25) is 0 Å². The number of nitrogens with two attached hydrogens (primary N) is 1. The van der Waals surface area contributed by atoms with Gasteiger partial charge in [0.25, 0.3) is 0 Å². The van der Waals surface area contributed by atoms with E-state index < -0.39 is 12.0 Å². The summed E-state index contributed by atoms with van der Waals surface area (Å²) >= 11 is 0. The first-order valence-corrected chi connectivity index (χ1v) is 6.79. The van der Waals surface area contributed by atoms with E-state index in [2.05, 4.69) is 11.1 Å². The average Bonchev–Trinajstić information content (AvgIpc) is 2.43. The van der Waals surface area contributed by atoms with Crippen LogP contribution in [0.25, 0.3) is 0 Å². The second kappa shape index (κ2) is 8.29. The Morgan fingerprint density at radius 1 is 1.40 bits per heavy atom. The number of para-hydroxylation sites is 1. The summed E-state index contributed by atoms with van der Waals surface area (Å²) in [5.74, 6) is -1.54. The van der Waals surface area contributed by atoms with Crippen LogP contribution in [-0.4, -0.2) is 31.0 Å². The number of quaternary nitrogens is 2. The number of carbonyl (C=O) groups is 2. The number of amides is 1. The Morgan fingerprint density at radius 2 is 2.10 bits per heavy atom. The summed E-state index contributed by atoms with van der Waals surface area (Å²) in [6.07, 6.45) is 0.689. The summed E-state index contributed by atoms with van der Waals surface area (Å²) in [6.45, 7) is 3.15. The predicted octanol–water partition coefficient (Wildman–Crippen LogP) is -2.50. The minimum Gasteiger partial charge on any atom is -0.544 e. The van der Waals surface area contributed by atoms with Crippen LogP contribution in [0.3, 0.4) is 0 Å². The van der Waals surface area contributed by atoms with Crippen LogP contribution in [0.5, 0.6) is 0 Å². The van der Waals surface area contributed by atoms with Gasteiger partial charge in [-0.2, -0.15) is 0 Å². The molecule has 0 heterocycles. The van der Waals surface area contributed by atoms with Crippen molar-refractivity contribution in [1.29, 1.82) is 0 Å². The van der Waals surface area contributed by atoms with Crippen LogP contribution in [0.1, 0.15) is 18.9 Å². The summed E-state index contributed by atoms with van der Waals surface area (Å²) in [5.41, 5.74) is 5.39. The lowest BCUT2D eigenvalue weighted by Gasteiger charge is -2.16. The van der Waals surface area contributed by atoms with E-state index in [9.17, 15) is 14.7 Å². The smallest absolute Gasteiger partial charge is 0.230 e. The predicted molar refractivity (Wildman–Crippen MR) is 72.4 cm³/mol. The van der Waals surface area contributed by atoms with E-state index in [0.29, 0.717) is 13.1 Å². The van der Waals surface area contributed by atoms with Crippen LogP contribution in [0, 0.1) is 0 Å². The number of carboxylic acids is 1. The molecule has 0 bridgehead atoms. The van der Waals surface area contributed by atoms with E-state index >= 15 is 0 Å². The van der Waals surface area contributed by atoms with E-state index in [0.717, 1.165) is 17.7 Å². The maximum absolute atomic E-state index is 11.9. The van der Waals surface area contributed by atoms with Gasteiger partial charge in [0, 0.05) is 5.69 Å². The van der Waals surface area contributed by atoms with Gasteiger partial charge in [0.05, 0.1) is 12.4 Å². The van der Waals surface area contributed by atoms with Gasteiger partial charge in [-0.25, -0.2) is 0 Å². The van der Waals surface area contributed by atoms with Gasteiger partial charge in [0.1, 0.15) is 19.1 Å². The molecule has 20 heavy (non-hydrogen) atoms. The van der Waals surface area contributed by atoms with Gasteiger partial charge in [0.2, 0.25) is 5.91 Å². The lowest BCUT2D eigenvalue weighted by molar-refractivity contribution is -0.695. The summed E-state index contributed by atoms with van der Waals surface area (Å²) in [6, 6.07) is 6.61. The van der Waals surface area contributed by atoms with Crippen molar-refractivity contribution < 1.29 is 25.7 Å². The first-order chi connectivity index (χ1) is 9.58. The van der Waals surface area contributed by atoms with Crippen molar-refractivity contribution in [3.05, 3.63) is 29.8 Å². The molecule has 0 aliphatic carbocycles. The van der Waals surface area contributed by atoms with Crippen LogP contribution in [0.4, 0.5) is 5.69 Å². The van der Waals surface area contributed by atoms with Crippen molar-refractivity contribution in [2.45, 2.75) is 25.8 Å². The first-order valence-electron chi connectivity index (χ1n) is 6.79. The highest BCUT2D eigenvalue weighted by molar-refractivity contribution is 5.93. The van der Waals surface area contributed by atoms with Crippen molar-refractivity contribution in [2.75, 3.05) is 18.4 Å². The number of carbonyl (C=O) groups excluding carboxylic acids is 2. The Balaban J connectivity index is 2.63. The average molecular weight is 280 g/mol. The van der Waals surface area contributed by atoms with Gasteiger partial charge in [-0.3, -0.25) is 4.79 Å². The topological polar surface area (TPSA) is 113 Å². The fourth-order valence-corrected chi connectivity index (χ4v) is 1.93. The molecular formula is C14H22N3O3+. The number of anilines is 1. The van der Waals surface area contributed by atoms with Gasteiger partial charge in [-0.05, 0) is 18.1 Å². The van der Waals surface area contributed by atoms with Gasteiger partial charge in [0.15, 0.2) is 0 Å². The molecule has 1 aromatic carbocycles. The monoisotopic (exact) mass is 280 g/mol. The molecular weight excluding hydrogens is 258 g/mol. The van der Waals surface area contributed by atoms with Crippen molar-refractivity contribution in [2.24, 2.45) is 0 Å². The van der Waals surface area contributed by atoms with Crippen LogP contribution in [-0.2, 0) is 16.0 Å². The molecule has 0 spiro atoms.